The Morgan fingerprint density at radius 3 is 2.64 bits per heavy atom. The van der Waals surface area contributed by atoms with Crippen LogP contribution in [0.15, 0.2) is 59.8 Å². The molecule has 5 nitrogen and oxygen atoms in total. The highest BCUT2D eigenvalue weighted by Crippen LogP contribution is 2.26. The second-order valence-corrected chi connectivity index (χ2v) is 6.32. The highest BCUT2D eigenvalue weighted by molar-refractivity contribution is 8.00. The molecule has 2 heterocycles. The third-order valence-electron chi connectivity index (χ3n) is 2.71. The normalized spacial score (nSPS) is 10.4. The summed E-state index contributed by atoms with van der Waals surface area (Å²) in [6.07, 6.45) is 3.40. The predicted octanol–water partition coefficient (Wildman–Crippen LogP) is 3.33. The number of pyridine rings is 1. The van der Waals surface area contributed by atoms with Crippen LogP contribution >= 0.6 is 23.1 Å². The molecule has 0 bridgehead atoms. The Bertz CT molecular complexity index is 747. The number of anilines is 1. The lowest BCUT2D eigenvalue weighted by atomic mass is 10.3. The second-order valence-electron chi connectivity index (χ2n) is 4.30. The average molecular weight is 328 g/mol. The van der Waals surface area contributed by atoms with Crippen LogP contribution in [0.5, 0.6) is 0 Å². The molecule has 22 heavy (non-hydrogen) atoms. The van der Waals surface area contributed by atoms with Gasteiger partial charge in [0.25, 0.3) is 0 Å². The molecule has 0 fully saturated rings. The van der Waals surface area contributed by atoms with Crippen LogP contribution in [0.4, 0.5) is 5.13 Å². The largest absolute Gasteiger partial charge is 0.300 e. The maximum atomic E-state index is 11.9. The van der Waals surface area contributed by atoms with E-state index in [9.17, 15) is 4.79 Å². The molecule has 1 amide bonds. The number of nitrogens with zero attached hydrogens (tertiary/aromatic N) is 3. The first-order valence-corrected chi connectivity index (χ1v) is 8.33. The molecule has 0 saturated heterocycles. The summed E-state index contributed by atoms with van der Waals surface area (Å²) in [5.74, 6) is 0.250. The highest BCUT2D eigenvalue weighted by atomic mass is 32.2. The molecule has 0 aliphatic carbocycles. The molecular weight excluding hydrogens is 316 g/mol. The number of hydrogen-bond donors (Lipinski definition) is 1. The number of rotatable bonds is 5. The van der Waals surface area contributed by atoms with E-state index in [0.717, 1.165) is 15.5 Å². The zero-order valence-electron chi connectivity index (χ0n) is 11.5. The van der Waals surface area contributed by atoms with Gasteiger partial charge < -0.3 is 0 Å². The maximum Gasteiger partial charge on any atom is 0.236 e. The number of benzene rings is 1. The van der Waals surface area contributed by atoms with Crippen molar-refractivity contribution in [2.24, 2.45) is 0 Å². The van der Waals surface area contributed by atoms with Gasteiger partial charge in [0, 0.05) is 22.9 Å². The van der Waals surface area contributed by atoms with Crippen molar-refractivity contribution in [3.05, 3.63) is 54.9 Å². The van der Waals surface area contributed by atoms with Gasteiger partial charge in [0.1, 0.15) is 5.01 Å². The van der Waals surface area contributed by atoms with Gasteiger partial charge in [-0.3, -0.25) is 15.1 Å². The summed E-state index contributed by atoms with van der Waals surface area (Å²) >= 11 is 2.83. The summed E-state index contributed by atoms with van der Waals surface area (Å²) in [5, 5.41) is 12.1. The summed E-state index contributed by atoms with van der Waals surface area (Å²) in [6.45, 7) is 0. The Kier molecular flexibility index (Phi) is 4.77. The van der Waals surface area contributed by atoms with Crippen LogP contribution in [0.1, 0.15) is 0 Å². The lowest BCUT2D eigenvalue weighted by Crippen LogP contribution is -2.13. The summed E-state index contributed by atoms with van der Waals surface area (Å²) < 4.78 is 0. The van der Waals surface area contributed by atoms with Crippen LogP contribution in [-0.2, 0) is 4.79 Å². The number of nitrogens with one attached hydrogen (secondary N) is 1. The van der Waals surface area contributed by atoms with Crippen molar-refractivity contribution in [2.45, 2.75) is 4.90 Å². The molecule has 0 aliphatic rings. The molecule has 1 aromatic carbocycles. The molecule has 3 rings (SSSR count). The Balaban J connectivity index is 1.57. The van der Waals surface area contributed by atoms with Gasteiger partial charge in [-0.25, -0.2) is 0 Å². The summed E-state index contributed by atoms with van der Waals surface area (Å²) in [6, 6.07) is 13.5. The molecule has 0 aliphatic heterocycles. The molecule has 3 aromatic rings. The first-order chi connectivity index (χ1) is 10.8. The fourth-order valence-corrected chi connectivity index (χ4v) is 3.19. The minimum Gasteiger partial charge on any atom is -0.300 e. The monoisotopic (exact) mass is 328 g/mol. The number of carbonyl (C=O) groups excluding carboxylic acids is 1. The molecule has 0 saturated carbocycles. The van der Waals surface area contributed by atoms with Gasteiger partial charge in [0.15, 0.2) is 0 Å². The van der Waals surface area contributed by atoms with Gasteiger partial charge in [0.2, 0.25) is 11.0 Å². The van der Waals surface area contributed by atoms with Crippen molar-refractivity contribution in [1.82, 2.24) is 15.2 Å². The molecule has 0 unspecified atom stereocenters. The zero-order chi connectivity index (χ0) is 15.2. The SMILES string of the molecule is O=C(CSc1ccccc1)Nc1nnc(-c2ccncc2)s1. The minimum absolute atomic E-state index is 0.0914. The number of hydrogen-bond acceptors (Lipinski definition) is 6. The van der Waals surface area contributed by atoms with E-state index in [4.69, 9.17) is 0 Å². The highest BCUT2D eigenvalue weighted by Gasteiger charge is 2.09. The number of carbonyl (C=O) groups is 1. The van der Waals surface area contributed by atoms with Gasteiger partial charge in [-0.2, -0.15) is 0 Å². The van der Waals surface area contributed by atoms with Crippen LogP contribution < -0.4 is 5.32 Å². The summed E-state index contributed by atoms with van der Waals surface area (Å²) in [7, 11) is 0. The fourth-order valence-electron chi connectivity index (χ4n) is 1.71. The zero-order valence-corrected chi connectivity index (χ0v) is 13.1. The van der Waals surface area contributed by atoms with E-state index in [1.165, 1.54) is 23.1 Å². The standard InChI is InChI=1S/C15H12N4OS2/c20-13(10-21-12-4-2-1-3-5-12)17-15-19-18-14(22-15)11-6-8-16-9-7-11/h1-9H,10H2,(H,17,19,20). The molecule has 7 heteroatoms. The lowest BCUT2D eigenvalue weighted by Gasteiger charge is -2.01. The van der Waals surface area contributed by atoms with E-state index in [2.05, 4.69) is 20.5 Å². The first kappa shape index (κ1) is 14.7. The third kappa shape index (κ3) is 3.90. The van der Waals surface area contributed by atoms with E-state index >= 15 is 0 Å². The Hall–Kier alpha value is -2.25. The van der Waals surface area contributed by atoms with E-state index in [1.807, 2.05) is 42.5 Å². The molecule has 110 valence electrons. The smallest absolute Gasteiger partial charge is 0.236 e. The van der Waals surface area contributed by atoms with E-state index in [1.54, 1.807) is 12.4 Å². The van der Waals surface area contributed by atoms with Crippen molar-refractivity contribution in [1.29, 1.82) is 0 Å². The van der Waals surface area contributed by atoms with Gasteiger partial charge in [-0.05, 0) is 24.3 Å². The first-order valence-electron chi connectivity index (χ1n) is 6.53. The van der Waals surface area contributed by atoms with Crippen LogP contribution in [0.25, 0.3) is 10.6 Å². The van der Waals surface area contributed by atoms with Crippen LogP contribution in [0.3, 0.4) is 0 Å². The van der Waals surface area contributed by atoms with E-state index < -0.39 is 0 Å². The van der Waals surface area contributed by atoms with Crippen molar-refractivity contribution in [2.75, 3.05) is 11.1 Å². The Morgan fingerprint density at radius 2 is 1.86 bits per heavy atom. The Morgan fingerprint density at radius 1 is 1.09 bits per heavy atom. The number of thioether (sulfide) groups is 1. The van der Waals surface area contributed by atoms with Gasteiger partial charge in [0.05, 0.1) is 5.75 Å². The molecule has 0 radical (unpaired) electrons. The molecule has 0 atom stereocenters. The summed E-state index contributed by atoms with van der Waals surface area (Å²) in [5.41, 5.74) is 0.937. The van der Waals surface area contributed by atoms with Crippen molar-refractivity contribution in [3.63, 3.8) is 0 Å². The van der Waals surface area contributed by atoms with Crippen LogP contribution in [-0.4, -0.2) is 26.8 Å². The van der Waals surface area contributed by atoms with E-state index in [0.29, 0.717) is 10.9 Å². The number of amides is 1. The van der Waals surface area contributed by atoms with E-state index in [-0.39, 0.29) is 5.91 Å². The van der Waals surface area contributed by atoms with Crippen LogP contribution in [0.2, 0.25) is 0 Å². The molecule has 0 spiro atoms. The van der Waals surface area contributed by atoms with Gasteiger partial charge in [-0.1, -0.05) is 29.5 Å². The minimum atomic E-state index is -0.0914. The van der Waals surface area contributed by atoms with Crippen LogP contribution in [0, 0.1) is 0 Å². The van der Waals surface area contributed by atoms with Gasteiger partial charge >= 0.3 is 0 Å². The molecule has 2 aromatic heterocycles. The third-order valence-corrected chi connectivity index (χ3v) is 4.61. The predicted molar refractivity (Wildman–Crippen MR) is 88.9 cm³/mol. The van der Waals surface area contributed by atoms with Crippen molar-refractivity contribution in [3.8, 4) is 10.6 Å². The number of aromatic nitrogens is 3. The second kappa shape index (κ2) is 7.15. The topological polar surface area (TPSA) is 67.8 Å². The van der Waals surface area contributed by atoms with Gasteiger partial charge in [-0.15, -0.1) is 22.0 Å². The molecule has 1 N–H and O–H groups in total. The Labute approximate surface area is 135 Å². The van der Waals surface area contributed by atoms with Crippen molar-refractivity contribution >= 4 is 34.1 Å². The maximum absolute atomic E-state index is 11.9. The summed E-state index contributed by atoms with van der Waals surface area (Å²) in [4.78, 5) is 17.0. The average Bonchev–Trinajstić information content (AvgIpc) is 3.03. The molecular formula is C15H12N4OS2. The lowest BCUT2D eigenvalue weighted by molar-refractivity contribution is -0.113. The van der Waals surface area contributed by atoms with Crippen molar-refractivity contribution < 1.29 is 4.79 Å². The quantitative estimate of drug-likeness (QED) is 0.728. The fraction of sp³-hybridized carbons (Fsp3) is 0.0667.